The molecule has 0 bridgehead atoms. The maximum Gasteiger partial charge on any atom is 0.252 e. The SMILES string of the molecule is O=C(NCC(O)(c1ccsc1)c1cccs1)c1ccccc1Cl. The third kappa shape index (κ3) is 3.33. The minimum absolute atomic E-state index is 0.0777. The summed E-state index contributed by atoms with van der Waals surface area (Å²) in [6.45, 7) is 0.0777. The van der Waals surface area contributed by atoms with Gasteiger partial charge >= 0.3 is 0 Å². The summed E-state index contributed by atoms with van der Waals surface area (Å²) < 4.78 is 0. The number of carbonyl (C=O) groups is 1. The molecule has 1 atom stereocenters. The van der Waals surface area contributed by atoms with Gasteiger partial charge in [-0.2, -0.15) is 11.3 Å². The summed E-state index contributed by atoms with van der Waals surface area (Å²) in [7, 11) is 0. The summed E-state index contributed by atoms with van der Waals surface area (Å²) >= 11 is 9.01. The Morgan fingerprint density at radius 1 is 1.17 bits per heavy atom. The predicted molar refractivity (Wildman–Crippen MR) is 95.4 cm³/mol. The molecule has 3 rings (SSSR count). The second-order valence-electron chi connectivity index (χ2n) is 5.01. The van der Waals surface area contributed by atoms with Gasteiger partial charge in [0, 0.05) is 10.4 Å². The molecule has 23 heavy (non-hydrogen) atoms. The first-order chi connectivity index (χ1) is 11.1. The average Bonchev–Trinajstić information content (AvgIpc) is 3.25. The van der Waals surface area contributed by atoms with Crippen molar-refractivity contribution in [3.8, 4) is 0 Å². The summed E-state index contributed by atoms with van der Waals surface area (Å²) in [6, 6.07) is 12.5. The lowest BCUT2D eigenvalue weighted by Crippen LogP contribution is -2.41. The van der Waals surface area contributed by atoms with Gasteiger partial charge in [0.1, 0.15) is 5.60 Å². The van der Waals surface area contributed by atoms with E-state index in [1.165, 1.54) is 22.7 Å². The van der Waals surface area contributed by atoms with Crippen LogP contribution in [0, 0.1) is 0 Å². The third-order valence-corrected chi connectivity index (χ3v) is 5.58. The summed E-state index contributed by atoms with van der Waals surface area (Å²) in [5, 5.41) is 20.1. The zero-order chi connectivity index (χ0) is 16.3. The van der Waals surface area contributed by atoms with Crippen LogP contribution < -0.4 is 5.32 Å². The normalized spacial score (nSPS) is 13.5. The molecule has 0 fully saturated rings. The van der Waals surface area contributed by atoms with Crippen molar-refractivity contribution in [1.29, 1.82) is 0 Å². The molecule has 3 aromatic rings. The number of rotatable bonds is 5. The molecule has 1 amide bonds. The van der Waals surface area contributed by atoms with Crippen LogP contribution in [-0.2, 0) is 5.60 Å². The van der Waals surface area contributed by atoms with Crippen molar-refractivity contribution in [2.45, 2.75) is 5.60 Å². The molecule has 3 nitrogen and oxygen atoms in total. The zero-order valence-corrected chi connectivity index (χ0v) is 14.4. The monoisotopic (exact) mass is 363 g/mol. The number of aliphatic hydroxyl groups is 1. The molecule has 0 saturated carbocycles. The summed E-state index contributed by atoms with van der Waals surface area (Å²) in [5.74, 6) is -0.305. The molecule has 0 aliphatic heterocycles. The van der Waals surface area contributed by atoms with E-state index in [0.29, 0.717) is 10.6 Å². The van der Waals surface area contributed by atoms with Gasteiger partial charge in [0.2, 0.25) is 0 Å². The Kier molecular flexibility index (Phi) is 4.82. The molecule has 0 aliphatic carbocycles. The van der Waals surface area contributed by atoms with Gasteiger partial charge in [0.05, 0.1) is 17.1 Å². The quantitative estimate of drug-likeness (QED) is 0.716. The third-order valence-electron chi connectivity index (χ3n) is 3.55. The fourth-order valence-electron chi connectivity index (χ4n) is 2.29. The van der Waals surface area contributed by atoms with E-state index in [1.54, 1.807) is 24.3 Å². The number of amides is 1. The fraction of sp³-hybridized carbons (Fsp3) is 0.118. The highest BCUT2D eigenvalue weighted by molar-refractivity contribution is 7.10. The number of hydrogen-bond acceptors (Lipinski definition) is 4. The second kappa shape index (κ2) is 6.84. The van der Waals surface area contributed by atoms with Gasteiger partial charge in [0.15, 0.2) is 0 Å². The van der Waals surface area contributed by atoms with Crippen LogP contribution in [0.4, 0.5) is 0 Å². The van der Waals surface area contributed by atoms with E-state index < -0.39 is 5.60 Å². The topological polar surface area (TPSA) is 49.3 Å². The Morgan fingerprint density at radius 2 is 2.00 bits per heavy atom. The van der Waals surface area contributed by atoms with Crippen LogP contribution >= 0.6 is 34.3 Å². The number of thiophene rings is 2. The van der Waals surface area contributed by atoms with Crippen molar-refractivity contribution in [2.24, 2.45) is 0 Å². The van der Waals surface area contributed by atoms with Crippen LogP contribution in [0.25, 0.3) is 0 Å². The van der Waals surface area contributed by atoms with E-state index in [4.69, 9.17) is 11.6 Å². The molecule has 1 aromatic carbocycles. The lowest BCUT2D eigenvalue weighted by molar-refractivity contribution is 0.0721. The zero-order valence-electron chi connectivity index (χ0n) is 12.0. The maximum atomic E-state index is 12.4. The molecule has 0 radical (unpaired) electrons. The lowest BCUT2D eigenvalue weighted by Gasteiger charge is -2.27. The van der Waals surface area contributed by atoms with Crippen LogP contribution in [-0.4, -0.2) is 17.6 Å². The van der Waals surface area contributed by atoms with E-state index in [9.17, 15) is 9.90 Å². The van der Waals surface area contributed by atoms with Crippen molar-refractivity contribution < 1.29 is 9.90 Å². The first-order valence-corrected chi connectivity index (χ1v) is 9.13. The molecule has 118 valence electrons. The summed E-state index contributed by atoms with van der Waals surface area (Å²) in [6.07, 6.45) is 0. The molecule has 0 saturated heterocycles. The van der Waals surface area contributed by atoms with Gasteiger partial charge in [-0.05, 0) is 40.4 Å². The Balaban J connectivity index is 1.84. The largest absolute Gasteiger partial charge is 0.378 e. The number of hydrogen-bond donors (Lipinski definition) is 2. The molecule has 2 N–H and O–H groups in total. The Morgan fingerprint density at radius 3 is 2.65 bits per heavy atom. The Bertz CT molecular complexity index is 751. The van der Waals surface area contributed by atoms with E-state index in [1.807, 2.05) is 34.3 Å². The standard InChI is InChI=1S/C17H14ClNO2S2/c18-14-5-2-1-4-13(14)16(20)19-11-17(21,12-7-9-22-10-12)15-6-3-8-23-15/h1-10,21H,11H2,(H,19,20). The van der Waals surface area contributed by atoms with Crippen molar-refractivity contribution in [3.05, 3.63) is 79.6 Å². The van der Waals surface area contributed by atoms with Crippen molar-refractivity contribution in [1.82, 2.24) is 5.32 Å². The molecular formula is C17H14ClNO2S2. The molecule has 0 spiro atoms. The molecule has 1 unspecified atom stereocenters. The van der Waals surface area contributed by atoms with Gasteiger partial charge < -0.3 is 10.4 Å². The minimum atomic E-state index is -1.24. The predicted octanol–water partition coefficient (Wildman–Crippen LogP) is 4.13. The number of benzene rings is 1. The Labute approximate surface area is 147 Å². The van der Waals surface area contributed by atoms with Gasteiger partial charge in [-0.15, -0.1) is 11.3 Å². The van der Waals surface area contributed by atoms with Crippen LogP contribution in [0.2, 0.25) is 5.02 Å². The van der Waals surface area contributed by atoms with Gasteiger partial charge in [-0.25, -0.2) is 0 Å². The number of carbonyl (C=O) groups excluding carboxylic acids is 1. The summed E-state index contributed by atoms with van der Waals surface area (Å²) in [5.41, 5.74) is -0.0807. The molecule has 2 heterocycles. The average molecular weight is 364 g/mol. The molecule has 6 heteroatoms. The number of nitrogens with one attached hydrogen (secondary N) is 1. The van der Waals surface area contributed by atoms with E-state index in [2.05, 4.69) is 5.32 Å². The van der Waals surface area contributed by atoms with Crippen LogP contribution in [0.1, 0.15) is 20.8 Å². The first kappa shape index (κ1) is 16.2. The van der Waals surface area contributed by atoms with Crippen LogP contribution in [0.15, 0.2) is 58.6 Å². The fourth-order valence-corrected chi connectivity index (χ4v) is 4.09. The van der Waals surface area contributed by atoms with Crippen LogP contribution in [0.3, 0.4) is 0 Å². The highest BCUT2D eigenvalue weighted by Crippen LogP contribution is 2.33. The van der Waals surface area contributed by atoms with E-state index in [-0.39, 0.29) is 12.5 Å². The van der Waals surface area contributed by atoms with Gasteiger partial charge in [-0.3, -0.25) is 4.79 Å². The molecule has 0 aliphatic rings. The lowest BCUT2D eigenvalue weighted by atomic mass is 9.94. The maximum absolute atomic E-state index is 12.4. The summed E-state index contributed by atoms with van der Waals surface area (Å²) in [4.78, 5) is 13.1. The van der Waals surface area contributed by atoms with Gasteiger partial charge in [0.25, 0.3) is 5.91 Å². The van der Waals surface area contributed by atoms with Crippen LogP contribution in [0.5, 0.6) is 0 Å². The van der Waals surface area contributed by atoms with E-state index >= 15 is 0 Å². The minimum Gasteiger partial charge on any atom is -0.378 e. The molecular weight excluding hydrogens is 350 g/mol. The second-order valence-corrected chi connectivity index (χ2v) is 7.15. The highest BCUT2D eigenvalue weighted by atomic mass is 35.5. The van der Waals surface area contributed by atoms with E-state index in [0.717, 1.165) is 10.4 Å². The van der Waals surface area contributed by atoms with Crippen molar-refractivity contribution >= 4 is 40.2 Å². The Hall–Kier alpha value is -1.66. The smallest absolute Gasteiger partial charge is 0.252 e. The first-order valence-electron chi connectivity index (χ1n) is 6.93. The molecule has 2 aromatic heterocycles. The highest BCUT2D eigenvalue weighted by Gasteiger charge is 2.33. The number of halogens is 1. The van der Waals surface area contributed by atoms with Crippen molar-refractivity contribution in [2.75, 3.05) is 6.54 Å². The van der Waals surface area contributed by atoms with Gasteiger partial charge in [-0.1, -0.05) is 29.8 Å². The van der Waals surface area contributed by atoms with Crippen molar-refractivity contribution in [3.63, 3.8) is 0 Å².